The SMILES string of the molecule is CCOC(=O)C1(C(=O)C(CC(CO)C(O)CC)c2ccc(F)cc2)CCCCC1. The van der Waals surface area contributed by atoms with E-state index in [1.54, 1.807) is 19.1 Å². The summed E-state index contributed by atoms with van der Waals surface area (Å²) < 4.78 is 18.8. The topological polar surface area (TPSA) is 83.8 Å². The summed E-state index contributed by atoms with van der Waals surface area (Å²) >= 11 is 0. The Hall–Kier alpha value is -1.79. The lowest BCUT2D eigenvalue weighted by Gasteiger charge is -2.37. The van der Waals surface area contributed by atoms with Crippen molar-refractivity contribution >= 4 is 11.8 Å². The number of halogens is 1. The van der Waals surface area contributed by atoms with E-state index >= 15 is 0 Å². The number of esters is 1. The van der Waals surface area contributed by atoms with Gasteiger partial charge < -0.3 is 14.9 Å². The molecule has 0 aromatic heterocycles. The fourth-order valence-corrected chi connectivity index (χ4v) is 4.39. The average Bonchev–Trinajstić information content (AvgIpc) is 2.75. The van der Waals surface area contributed by atoms with Crippen LogP contribution in [0.1, 0.15) is 70.3 Å². The van der Waals surface area contributed by atoms with Crippen LogP contribution in [0.2, 0.25) is 0 Å². The van der Waals surface area contributed by atoms with Gasteiger partial charge in [-0.05, 0) is 50.3 Å². The molecule has 0 heterocycles. The van der Waals surface area contributed by atoms with Crippen molar-refractivity contribution in [3.8, 4) is 0 Å². The van der Waals surface area contributed by atoms with Crippen molar-refractivity contribution in [3.63, 3.8) is 0 Å². The van der Waals surface area contributed by atoms with Crippen molar-refractivity contribution in [1.29, 1.82) is 0 Å². The number of hydrogen-bond donors (Lipinski definition) is 2. The lowest BCUT2D eigenvalue weighted by Crippen LogP contribution is -2.45. The van der Waals surface area contributed by atoms with Gasteiger partial charge in [-0.15, -0.1) is 0 Å². The van der Waals surface area contributed by atoms with E-state index in [1.165, 1.54) is 12.1 Å². The first-order chi connectivity index (χ1) is 13.9. The van der Waals surface area contributed by atoms with Gasteiger partial charge in [-0.3, -0.25) is 9.59 Å². The summed E-state index contributed by atoms with van der Waals surface area (Å²) in [6.45, 7) is 3.45. The largest absolute Gasteiger partial charge is 0.465 e. The van der Waals surface area contributed by atoms with Crippen LogP contribution in [0, 0.1) is 17.2 Å². The summed E-state index contributed by atoms with van der Waals surface area (Å²) in [6, 6.07) is 5.67. The van der Waals surface area contributed by atoms with Gasteiger partial charge in [0, 0.05) is 18.4 Å². The van der Waals surface area contributed by atoms with Crippen molar-refractivity contribution in [3.05, 3.63) is 35.6 Å². The molecule has 162 valence electrons. The second-order valence-electron chi connectivity index (χ2n) is 7.99. The molecule has 3 unspecified atom stereocenters. The van der Waals surface area contributed by atoms with Gasteiger partial charge in [0.05, 0.1) is 12.7 Å². The van der Waals surface area contributed by atoms with Crippen LogP contribution in [0.4, 0.5) is 4.39 Å². The molecule has 2 N–H and O–H groups in total. The summed E-state index contributed by atoms with van der Waals surface area (Å²) in [5.41, 5.74) is -0.628. The number of carbonyl (C=O) groups is 2. The zero-order valence-electron chi connectivity index (χ0n) is 17.4. The summed E-state index contributed by atoms with van der Waals surface area (Å²) in [7, 11) is 0. The maximum atomic E-state index is 13.8. The molecule has 2 rings (SSSR count). The van der Waals surface area contributed by atoms with E-state index in [2.05, 4.69) is 0 Å². The molecule has 0 aliphatic heterocycles. The van der Waals surface area contributed by atoms with Crippen molar-refractivity contribution < 1.29 is 28.9 Å². The highest BCUT2D eigenvalue weighted by Crippen LogP contribution is 2.44. The molecule has 0 amide bonds. The van der Waals surface area contributed by atoms with Crippen LogP contribution in [0.5, 0.6) is 0 Å². The number of benzene rings is 1. The highest BCUT2D eigenvalue weighted by molar-refractivity contribution is 6.06. The minimum Gasteiger partial charge on any atom is -0.465 e. The van der Waals surface area contributed by atoms with E-state index in [-0.39, 0.29) is 25.4 Å². The van der Waals surface area contributed by atoms with E-state index < -0.39 is 35.1 Å². The molecule has 1 aliphatic rings. The third-order valence-corrected chi connectivity index (χ3v) is 6.17. The molecule has 1 aromatic rings. The van der Waals surface area contributed by atoms with E-state index in [9.17, 15) is 24.2 Å². The summed E-state index contributed by atoms with van der Waals surface area (Å²) in [6.07, 6.45) is 3.23. The van der Waals surface area contributed by atoms with Crippen molar-refractivity contribution in [2.24, 2.45) is 11.3 Å². The van der Waals surface area contributed by atoms with Gasteiger partial charge in [-0.2, -0.15) is 0 Å². The molecule has 0 bridgehead atoms. The number of ether oxygens (including phenoxy) is 1. The Kier molecular flexibility index (Phi) is 8.78. The number of carbonyl (C=O) groups excluding carboxylic acids is 2. The Morgan fingerprint density at radius 2 is 1.76 bits per heavy atom. The Morgan fingerprint density at radius 3 is 2.28 bits per heavy atom. The first-order valence-corrected chi connectivity index (χ1v) is 10.7. The third-order valence-electron chi connectivity index (χ3n) is 6.17. The Morgan fingerprint density at radius 1 is 1.14 bits per heavy atom. The van der Waals surface area contributed by atoms with Crippen molar-refractivity contribution in [2.75, 3.05) is 13.2 Å². The lowest BCUT2D eigenvalue weighted by molar-refractivity contribution is -0.163. The monoisotopic (exact) mass is 408 g/mol. The maximum Gasteiger partial charge on any atom is 0.319 e. The van der Waals surface area contributed by atoms with Crippen LogP contribution in [-0.2, 0) is 14.3 Å². The molecule has 29 heavy (non-hydrogen) atoms. The molecular weight excluding hydrogens is 375 g/mol. The molecule has 0 radical (unpaired) electrons. The van der Waals surface area contributed by atoms with Crippen molar-refractivity contribution in [2.45, 2.75) is 70.8 Å². The predicted molar refractivity (Wildman–Crippen MR) is 108 cm³/mol. The zero-order valence-corrected chi connectivity index (χ0v) is 17.4. The van der Waals surface area contributed by atoms with E-state index in [0.717, 1.165) is 19.3 Å². The maximum absolute atomic E-state index is 13.8. The van der Waals surface area contributed by atoms with Gasteiger partial charge in [0.2, 0.25) is 0 Å². The number of aliphatic hydroxyl groups excluding tert-OH is 2. The van der Waals surface area contributed by atoms with Gasteiger partial charge in [0.25, 0.3) is 0 Å². The summed E-state index contributed by atoms with van der Waals surface area (Å²) in [5.74, 6) is -2.39. The minimum absolute atomic E-state index is 0.192. The smallest absolute Gasteiger partial charge is 0.319 e. The number of aliphatic hydroxyl groups is 2. The lowest BCUT2D eigenvalue weighted by atomic mass is 9.65. The highest BCUT2D eigenvalue weighted by atomic mass is 19.1. The van der Waals surface area contributed by atoms with Crippen molar-refractivity contribution in [1.82, 2.24) is 0 Å². The third kappa shape index (κ3) is 5.43. The molecule has 0 spiro atoms. The Bertz CT molecular complexity index is 666. The molecule has 1 aliphatic carbocycles. The Balaban J connectivity index is 2.45. The molecule has 3 atom stereocenters. The van der Waals surface area contributed by atoms with Crippen LogP contribution in [0.3, 0.4) is 0 Å². The van der Waals surface area contributed by atoms with Gasteiger partial charge >= 0.3 is 5.97 Å². The fourth-order valence-electron chi connectivity index (χ4n) is 4.39. The van der Waals surface area contributed by atoms with Crippen LogP contribution in [0.25, 0.3) is 0 Å². The molecular formula is C23H33FO5. The van der Waals surface area contributed by atoms with Crippen LogP contribution in [0.15, 0.2) is 24.3 Å². The van der Waals surface area contributed by atoms with E-state index in [0.29, 0.717) is 24.8 Å². The molecule has 1 aromatic carbocycles. The Labute approximate surface area is 172 Å². The normalized spacial score (nSPS) is 19.2. The summed E-state index contributed by atoms with van der Waals surface area (Å²) in [4.78, 5) is 26.7. The van der Waals surface area contributed by atoms with E-state index in [4.69, 9.17) is 4.74 Å². The number of Topliss-reactive ketones (excluding diaryl/α,β-unsaturated/α-hetero) is 1. The quantitative estimate of drug-likeness (QED) is 0.455. The zero-order chi connectivity index (χ0) is 21.4. The van der Waals surface area contributed by atoms with Crippen LogP contribution < -0.4 is 0 Å². The standard InChI is InChI=1S/C23H33FO5/c1-3-20(26)17(15-25)14-19(16-8-10-18(24)11-9-16)21(27)23(22(28)29-4-2)12-6-5-7-13-23/h8-11,17,19-20,25-26H,3-7,12-15H2,1-2H3. The van der Waals surface area contributed by atoms with Gasteiger partial charge in [-0.1, -0.05) is 38.3 Å². The number of ketones is 1. The van der Waals surface area contributed by atoms with Gasteiger partial charge in [-0.25, -0.2) is 4.39 Å². The molecule has 1 saturated carbocycles. The number of rotatable bonds is 10. The summed E-state index contributed by atoms with van der Waals surface area (Å²) in [5, 5.41) is 20.1. The minimum atomic E-state index is -1.22. The van der Waals surface area contributed by atoms with E-state index in [1.807, 2.05) is 6.92 Å². The first kappa shape index (κ1) is 23.5. The average molecular weight is 409 g/mol. The second kappa shape index (κ2) is 10.8. The van der Waals surface area contributed by atoms with Gasteiger partial charge in [0.15, 0.2) is 5.78 Å². The number of hydrogen-bond acceptors (Lipinski definition) is 5. The fraction of sp³-hybridized carbons (Fsp3) is 0.652. The molecule has 0 saturated heterocycles. The van der Waals surface area contributed by atoms with Crippen LogP contribution in [-0.4, -0.2) is 41.3 Å². The first-order valence-electron chi connectivity index (χ1n) is 10.7. The molecule has 5 nitrogen and oxygen atoms in total. The predicted octanol–water partition coefficient (Wildman–Crippen LogP) is 3.76. The van der Waals surface area contributed by atoms with Crippen LogP contribution >= 0.6 is 0 Å². The van der Waals surface area contributed by atoms with Gasteiger partial charge in [0.1, 0.15) is 11.2 Å². The second-order valence-corrected chi connectivity index (χ2v) is 7.99. The highest BCUT2D eigenvalue weighted by Gasteiger charge is 2.50. The molecule has 1 fully saturated rings. The molecule has 6 heteroatoms.